The summed E-state index contributed by atoms with van der Waals surface area (Å²) in [5.74, 6) is -2.13. The highest BCUT2D eigenvalue weighted by Crippen LogP contribution is 2.36. The van der Waals surface area contributed by atoms with Crippen molar-refractivity contribution >= 4 is 65.1 Å². The maximum atomic E-state index is 14.8. The van der Waals surface area contributed by atoms with E-state index in [1.165, 1.54) is 68.1 Å². The van der Waals surface area contributed by atoms with Crippen LogP contribution in [0.2, 0.25) is 0 Å². The maximum Gasteiger partial charge on any atom is 0.416 e. The van der Waals surface area contributed by atoms with Crippen LogP contribution >= 0.6 is 0 Å². The van der Waals surface area contributed by atoms with E-state index in [0.29, 0.717) is 152 Å². The fourth-order valence-corrected chi connectivity index (χ4v) is 15.2. The molecule has 5 N–H and O–H groups in total. The molecule has 3 saturated heterocycles. The summed E-state index contributed by atoms with van der Waals surface area (Å²) in [5.41, 5.74) is 11.3. The second-order valence-electron chi connectivity index (χ2n) is 32.0. The van der Waals surface area contributed by atoms with Gasteiger partial charge in [-0.15, -0.1) is 0 Å². The van der Waals surface area contributed by atoms with Gasteiger partial charge in [0.15, 0.2) is 0 Å². The number of amides is 7. The number of rotatable bonds is 27. The lowest BCUT2D eigenvalue weighted by atomic mass is 9.98. The number of anilines is 4. The third-order valence-electron chi connectivity index (χ3n) is 22.5. The number of hydrogen-bond acceptors (Lipinski definition) is 21. The van der Waals surface area contributed by atoms with Crippen molar-refractivity contribution in [3.8, 4) is 51.1 Å². The van der Waals surface area contributed by atoms with E-state index in [0.717, 1.165) is 29.2 Å². The molecule has 3 fully saturated rings. The number of morpholine rings is 1. The molecular weight excluding hydrogens is 1740 g/mol. The summed E-state index contributed by atoms with van der Waals surface area (Å²) in [6.07, 6.45) is 2.72. The molecule has 0 aliphatic carbocycles. The Morgan fingerprint density at radius 2 is 0.956 bits per heavy atom. The topological polar surface area (TPSA) is 340 Å². The van der Waals surface area contributed by atoms with E-state index >= 15 is 0 Å². The number of ether oxygens (including phenoxy) is 1. The Hall–Kier alpha value is -15.4. The highest BCUT2D eigenvalue weighted by molar-refractivity contribution is 6.02. The number of carbonyl (C=O) groups is 7. The Bertz CT molecular complexity index is 6150. The van der Waals surface area contributed by atoms with Crippen LogP contribution in [-0.2, 0) is 51.5 Å². The Balaban J connectivity index is 0.000000204. The number of alkyl halides is 3. The van der Waals surface area contributed by atoms with Gasteiger partial charge in [-0.25, -0.2) is 53.0 Å². The highest BCUT2D eigenvalue weighted by Gasteiger charge is 2.35. The molecule has 0 spiro atoms. The minimum Gasteiger partial charge on any atom is -0.378 e. The number of nitrogens with zero attached hydrogens (tertiary/aromatic N) is 16. The number of nitrogens with two attached hydrogens (primary N) is 1. The zero-order valence-corrected chi connectivity index (χ0v) is 75.6. The minimum absolute atomic E-state index is 0. The normalized spacial score (nSPS) is 13.5. The van der Waals surface area contributed by atoms with E-state index in [4.69, 9.17) is 15.7 Å². The van der Waals surface area contributed by atoms with Gasteiger partial charge in [0.2, 0.25) is 41.5 Å². The molecule has 7 heterocycles. The Kier molecular flexibility index (Phi) is 34.8. The van der Waals surface area contributed by atoms with Gasteiger partial charge in [0.25, 0.3) is 23.6 Å². The number of halogens is 6. The molecule has 8 aromatic carbocycles. The van der Waals surface area contributed by atoms with Crippen molar-refractivity contribution in [1.82, 2.24) is 70.1 Å². The fourth-order valence-electron chi connectivity index (χ4n) is 15.2. The summed E-state index contributed by atoms with van der Waals surface area (Å²) < 4.78 is 89.6. The molecule has 0 bridgehead atoms. The number of benzene rings is 8. The van der Waals surface area contributed by atoms with E-state index in [1.807, 2.05) is 139 Å². The van der Waals surface area contributed by atoms with Crippen molar-refractivity contribution in [3.63, 3.8) is 0 Å². The molecule has 3 aliphatic heterocycles. The molecule has 4 aromatic heterocycles. The third kappa shape index (κ3) is 26.5. The zero-order valence-electron chi connectivity index (χ0n) is 75.6. The molecule has 0 radical (unpaired) electrons. The Morgan fingerprint density at radius 3 is 1.43 bits per heavy atom. The van der Waals surface area contributed by atoms with Crippen LogP contribution in [0.15, 0.2) is 237 Å². The molecule has 7 amide bonds. The lowest BCUT2D eigenvalue weighted by molar-refractivity contribution is -0.138. The molecule has 135 heavy (non-hydrogen) atoms. The van der Waals surface area contributed by atoms with Gasteiger partial charge >= 0.3 is 6.18 Å². The van der Waals surface area contributed by atoms with Crippen LogP contribution < -0.4 is 36.4 Å². The molecule has 12 aromatic rings. The van der Waals surface area contributed by atoms with Crippen molar-refractivity contribution in [2.24, 2.45) is 11.7 Å². The predicted molar refractivity (Wildman–Crippen MR) is 507 cm³/mol. The molecule has 0 saturated carbocycles. The van der Waals surface area contributed by atoms with Crippen molar-refractivity contribution in [1.29, 1.82) is 5.26 Å². The van der Waals surface area contributed by atoms with Crippen molar-refractivity contribution in [2.75, 3.05) is 112 Å². The maximum absolute atomic E-state index is 14.8. The van der Waals surface area contributed by atoms with Crippen LogP contribution in [0.25, 0.3) is 45.0 Å². The van der Waals surface area contributed by atoms with Crippen LogP contribution in [0.1, 0.15) is 133 Å². The number of piperazine rings is 1. The number of nitriles is 1. The van der Waals surface area contributed by atoms with Crippen molar-refractivity contribution in [3.05, 3.63) is 310 Å². The second kappa shape index (κ2) is 47.6. The molecular formula is C101H110F6N20O8. The number of carbonyl (C=O) groups excluding carboxylic acids is 7. The smallest absolute Gasteiger partial charge is 0.378 e. The predicted octanol–water partition coefficient (Wildman–Crippen LogP) is 15.7. The average Bonchev–Trinajstić information content (AvgIpc) is 0.753. The van der Waals surface area contributed by atoms with E-state index in [9.17, 15) is 59.9 Å². The number of hydrogen-bond donors (Lipinski definition) is 4. The van der Waals surface area contributed by atoms with E-state index in [2.05, 4.69) is 55.8 Å². The fraction of sp³-hybridized carbons (Fsp3) is 0.287. The highest BCUT2D eigenvalue weighted by atomic mass is 19.4. The first kappa shape index (κ1) is 98.6. The number of piperidine rings is 1. The molecule has 3 aliphatic rings. The lowest BCUT2D eigenvalue weighted by Gasteiger charge is -2.34. The standard InChI is InChI=1S/2C26H28FN5O2.C25H28FN5O2.C24H20F3N5O2.3H2/c1-3-30(18-20-9-5-4-6-10-20)25(34)22-17-28-26(32-15-13-31(14-16-32)19(2)33)29-24(22)21-11-7-8-12-23(21)27;1-2-31(16-18-9-4-3-5-10-18)25(34)21-15-29-26(32-14-8-11-19(17-32)24(28)33)30-23(21)20-12-6-7-13-22(20)27;1-17(2)31(16-19-9-5-4-6-10-19)24(33)21-15-29-25(28-14-13-27-18(3)32)30-23(21)20-11-7-8-12-22(20)26;25-24(26,27)20-4-2-1-3-18(20)14-29-22(33)19-15-30-23(32-9-11-34-12-10-32)31-21(19)17-7-5-16(13-28)6-8-17;;;/h4-12,17H,3,13-16,18H2,1-2H3;3-7,9-10,12-13,15,19H,2,8,11,14,16-17H2,1H3,(H2,28,33);4-12,15,17H,13-14,16H2,1-3H3,(H,27,32)(H,28,29,30);1-8,15H,9-12,14H2,(H,29,33);3*1H. The molecule has 15 rings (SSSR count). The molecule has 1 atom stereocenters. The van der Waals surface area contributed by atoms with Crippen LogP contribution in [0, 0.1) is 34.7 Å². The number of aromatic nitrogens is 8. The quantitative estimate of drug-likeness (QED) is 0.0274. The van der Waals surface area contributed by atoms with Crippen LogP contribution in [0.5, 0.6) is 0 Å². The van der Waals surface area contributed by atoms with Crippen molar-refractivity contribution < 1.29 is 68.9 Å². The summed E-state index contributed by atoms with van der Waals surface area (Å²) in [6, 6.07) is 61.4. The van der Waals surface area contributed by atoms with Gasteiger partial charge in [0.1, 0.15) is 17.5 Å². The largest absolute Gasteiger partial charge is 0.416 e. The Labute approximate surface area is 783 Å². The summed E-state index contributed by atoms with van der Waals surface area (Å²) in [6.45, 7) is 18.9. The molecule has 1 unspecified atom stereocenters. The lowest BCUT2D eigenvalue weighted by Crippen LogP contribution is -2.48. The molecule has 34 heteroatoms. The van der Waals surface area contributed by atoms with Gasteiger partial charge in [0, 0.05) is 176 Å². The first-order chi connectivity index (χ1) is 65.2. The van der Waals surface area contributed by atoms with Gasteiger partial charge in [-0.1, -0.05) is 158 Å². The summed E-state index contributed by atoms with van der Waals surface area (Å²) in [5, 5.41) is 17.3. The van der Waals surface area contributed by atoms with Gasteiger partial charge in [0.05, 0.1) is 81.4 Å². The van der Waals surface area contributed by atoms with E-state index in [-0.39, 0.29) is 126 Å². The molecule has 28 nitrogen and oxygen atoms in total. The second-order valence-corrected chi connectivity index (χ2v) is 32.0. The SMILES string of the molecule is CC(=O)NCCNc1ncc(C(=O)N(Cc2ccccc2)C(C)C)c(-c2ccccc2F)n1.CCN(Cc1ccccc1)C(=O)c1cnc(N2CCCC(C(N)=O)C2)nc1-c1ccccc1F.CCN(Cc1ccccc1)C(=O)c1cnc(N2CCN(C(C)=O)CC2)nc1-c1ccccc1F.N#Cc1ccc(-c2nc(N3CCOCC3)ncc2C(=O)NCc2ccccc2C(F)(F)F)cc1.[HH].[HH].[HH]. The summed E-state index contributed by atoms with van der Waals surface area (Å²) >= 11 is 0. The van der Waals surface area contributed by atoms with E-state index in [1.54, 1.807) is 105 Å². The van der Waals surface area contributed by atoms with Gasteiger partial charge in [-0.3, -0.25) is 33.6 Å². The van der Waals surface area contributed by atoms with Crippen molar-refractivity contribution in [2.45, 2.75) is 92.8 Å². The third-order valence-corrected chi connectivity index (χ3v) is 22.5. The molecule has 704 valence electrons. The minimum atomic E-state index is -4.53. The number of primary amides is 1. The average molecular weight is 1850 g/mol. The summed E-state index contributed by atoms with van der Waals surface area (Å²) in [4.78, 5) is 137. The van der Waals surface area contributed by atoms with Crippen LogP contribution in [0.3, 0.4) is 0 Å². The van der Waals surface area contributed by atoms with Gasteiger partial charge in [-0.2, -0.15) is 18.4 Å². The monoisotopic (exact) mass is 1840 g/mol. The summed E-state index contributed by atoms with van der Waals surface area (Å²) in [7, 11) is 0. The van der Waals surface area contributed by atoms with Crippen LogP contribution in [-0.4, -0.2) is 199 Å². The van der Waals surface area contributed by atoms with Gasteiger partial charge in [-0.05, 0) is 117 Å². The van der Waals surface area contributed by atoms with E-state index < -0.39 is 35.1 Å². The van der Waals surface area contributed by atoms with Crippen LogP contribution in [0.4, 0.5) is 50.1 Å². The number of nitrogens with one attached hydrogen (secondary N) is 3. The van der Waals surface area contributed by atoms with Gasteiger partial charge < -0.3 is 60.7 Å². The zero-order chi connectivity index (χ0) is 96.1. The first-order valence-corrected chi connectivity index (χ1v) is 44.2. The first-order valence-electron chi connectivity index (χ1n) is 44.2. The Morgan fingerprint density at radius 1 is 0.511 bits per heavy atom.